The van der Waals surface area contributed by atoms with Gasteiger partial charge in [0.2, 0.25) is 5.76 Å². The molecule has 4 nitrogen and oxygen atoms in total. The molecule has 0 saturated heterocycles. The zero-order chi connectivity index (χ0) is 12.3. The minimum Gasteiger partial charge on any atom is -0.475 e. The summed E-state index contributed by atoms with van der Waals surface area (Å²) >= 11 is 5.76. The molecule has 0 atom stereocenters. The highest BCUT2D eigenvalue weighted by molar-refractivity contribution is 6.30. The van der Waals surface area contributed by atoms with E-state index in [9.17, 15) is 4.79 Å². The van der Waals surface area contributed by atoms with Crippen molar-refractivity contribution in [3.63, 3.8) is 0 Å². The van der Waals surface area contributed by atoms with Gasteiger partial charge in [0.25, 0.3) is 0 Å². The first kappa shape index (κ1) is 11.5. The number of halogens is 1. The van der Waals surface area contributed by atoms with Gasteiger partial charge in [-0.1, -0.05) is 23.7 Å². The Hall–Kier alpha value is -1.94. The summed E-state index contributed by atoms with van der Waals surface area (Å²) in [4.78, 5) is 10.6. The Morgan fingerprint density at radius 3 is 2.53 bits per heavy atom. The van der Waals surface area contributed by atoms with E-state index in [0.717, 1.165) is 5.56 Å². The van der Waals surface area contributed by atoms with Gasteiger partial charge in [-0.3, -0.25) is 0 Å². The van der Waals surface area contributed by atoms with Crippen molar-refractivity contribution in [2.24, 2.45) is 0 Å². The van der Waals surface area contributed by atoms with Gasteiger partial charge in [0, 0.05) is 17.6 Å². The van der Waals surface area contributed by atoms with E-state index < -0.39 is 5.97 Å². The van der Waals surface area contributed by atoms with E-state index in [1.54, 1.807) is 18.2 Å². The number of carbonyl (C=O) groups is 1. The quantitative estimate of drug-likeness (QED) is 0.876. The molecule has 0 radical (unpaired) electrons. The molecular weight excluding hydrogens is 242 g/mol. The molecule has 1 heterocycles. The highest BCUT2D eigenvalue weighted by atomic mass is 35.5. The first-order chi connectivity index (χ1) is 8.15. The Morgan fingerprint density at radius 2 is 1.94 bits per heavy atom. The number of anilines is 1. The van der Waals surface area contributed by atoms with Gasteiger partial charge >= 0.3 is 5.97 Å². The molecular formula is C12H10ClNO3. The van der Waals surface area contributed by atoms with Crippen molar-refractivity contribution in [1.82, 2.24) is 0 Å². The molecule has 1 aromatic heterocycles. The molecule has 0 saturated carbocycles. The molecule has 0 aliphatic carbocycles. The molecule has 2 N–H and O–H groups in total. The van der Waals surface area contributed by atoms with Crippen molar-refractivity contribution in [2.75, 3.05) is 5.32 Å². The number of carboxylic acids is 1. The van der Waals surface area contributed by atoms with Crippen LogP contribution in [0.3, 0.4) is 0 Å². The van der Waals surface area contributed by atoms with E-state index in [4.69, 9.17) is 21.1 Å². The Bertz CT molecular complexity index is 519. The first-order valence-corrected chi connectivity index (χ1v) is 5.34. The second-order valence-corrected chi connectivity index (χ2v) is 3.89. The zero-order valence-corrected chi connectivity index (χ0v) is 9.57. The van der Waals surface area contributed by atoms with E-state index >= 15 is 0 Å². The van der Waals surface area contributed by atoms with Gasteiger partial charge in [-0.05, 0) is 23.8 Å². The minimum atomic E-state index is -1.08. The Kier molecular flexibility index (Phi) is 3.35. The highest BCUT2D eigenvalue weighted by Crippen LogP contribution is 2.15. The monoisotopic (exact) mass is 251 g/mol. The van der Waals surface area contributed by atoms with Crippen LogP contribution >= 0.6 is 11.6 Å². The summed E-state index contributed by atoms with van der Waals surface area (Å²) in [5.41, 5.74) is 1.03. The van der Waals surface area contributed by atoms with Gasteiger partial charge < -0.3 is 14.8 Å². The molecule has 0 aliphatic rings. The number of aromatic carboxylic acids is 1. The van der Waals surface area contributed by atoms with E-state index in [-0.39, 0.29) is 5.76 Å². The van der Waals surface area contributed by atoms with Crippen molar-refractivity contribution in [3.8, 4) is 0 Å². The SMILES string of the molecule is O=C(O)c1ccc(NCc2ccc(Cl)cc2)o1. The normalized spacial score (nSPS) is 10.2. The predicted molar refractivity (Wildman–Crippen MR) is 64.4 cm³/mol. The van der Waals surface area contributed by atoms with Crippen molar-refractivity contribution in [1.29, 1.82) is 0 Å². The van der Waals surface area contributed by atoms with Crippen LogP contribution in [-0.2, 0) is 6.54 Å². The summed E-state index contributed by atoms with van der Waals surface area (Å²) in [6.45, 7) is 0.545. The molecule has 1 aromatic carbocycles. The smallest absolute Gasteiger partial charge is 0.371 e. The third-order valence-electron chi connectivity index (χ3n) is 2.20. The van der Waals surface area contributed by atoms with E-state index in [1.807, 2.05) is 12.1 Å². The molecule has 0 aliphatic heterocycles. The minimum absolute atomic E-state index is 0.0800. The maximum absolute atomic E-state index is 10.6. The molecule has 5 heteroatoms. The number of rotatable bonds is 4. The molecule has 17 heavy (non-hydrogen) atoms. The lowest BCUT2D eigenvalue weighted by molar-refractivity contribution is 0.0663. The summed E-state index contributed by atoms with van der Waals surface area (Å²) in [6, 6.07) is 10.4. The summed E-state index contributed by atoms with van der Waals surface area (Å²) in [7, 11) is 0. The lowest BCUT2D eigenvalue weighted by Gasteiger charge is -2.02. The Morgan fingerprint density at radius 1 is 1.24 bits per heavy atom. The van der Waals surface area contributed by atoms with Crippen LogP contribution in [0.1, 0.15) is 16.1 Å². The van der Waals surface area contributed by atoms with Crippen molar-refractivity contribution < 1.29 is 14.3 Å². The molecule has 2 rings (SSSR count). The second kappa shape index (κ2) is 4.93. The van der Waals surface area contributed by atoms with Crippen LogP contribution in [0, 0.1) is 0 Å². The van der Waals surface area contributed by atoms with E-state index in [2.05, 4.69) is 5.32 Å². The van der Waals surface area contributed by atoms with Crippen LogP contribution in [0.15, 0.2) is 40.8 Å². The lowest BCUT2D eigenvalue weighted by Crippen LogP contribution is -1.98. The fourth-order valence-electron chi connectivity index (χ4n) is 1.34. The molecule has 0 bridgehead atoms. The molecule has 88 valence electrons. The van der Waals surface area contributed by atoms with Crippen LogP contribution in [0.4, 0.5) is 5.88 Å². The number of nitrogens with one attached hydrogen (secondary N) is 1. The number of carboxylic acid groups (broad SMARTS) is 1. The molecule has 0 spiro atoms. The average molecular weight is 252 g/mol. The van der Waals surface area contributed by atoms with Gasteiger partial charge in [0.05, 0.1) is 0 Å². The Balaban J connectivity index is 1.97. The number of hydrogen-bond acceptors (Lipinski definition) is 3. The van der Waals surface area contributed by atoms with Crippen molar-refractivity contribution in [3.05, 3.63) is 52.7 Å². The first-order valence-electron chi connectivity index (χ1n) is 4.96. The third-order valence-corrected chi connectivity index (χ3v) is 2.45. The average Bonchev–Trinajstić information content (AvgIpc) is 2.77. The van der Waals surface area contributed by atoms with Crippen molar-refractivity contribution in [2.45, 2.75) is 6.54 Å². The van der Waals surface area contributed by atoms with Gasteiger partial charge in [0.15, 0.2) is 5.88 Å². The van der Waals surface area contributed by atoms with Gasteiger partial charge in [-0.15, -0.1) is 0 Å². The van der Waals surface area contributed by atoms with Gasteiger partial charge in [0.1, 0.15) is 0 Å². The van der Waals surface area contributed by atoms with Crippen LogP contribution < -0.4 is 5.32 Å². The molecule has 0 unspecified atom stereocenters. The maximum atomic E-state index is 10.6. The summed E-state index contributed by atoms with van der Waals surface area (Å²) in [5, 5.41) is 12.3. The van der Waals surface area contributed by atoms with E-state index in [1.165, 1.54) is 6.07 Å². The number of furan rings is 1. The second-order valence-electron chi connectivity index (χ2n) is 3.45. The predicted octanol–water partition coefficient (Wildman–Crippen LogP) is 3.24. The number of benzene rings is 1. The maximum Gasteiger partial charge on any atom is 0.371 e. The Labute approximate surface area is 103 Å². The number of hydrogen-bond donors (Lipinski definition) is 2. The van der Waals surface area contributed by atoms with Crippen LogP contribution in [-0.4, -0.2) is 11.1 Å². The largest absolute Gasteiger partial charge is 0.475 e. The topological polar surface area (TPSA) is 62.5 Å². The third kappa shape index (κ3) is 3.01. The fourth-order valence-corrected chi connectivity index (χ4v) is 1.47. The lowest BCUT2D eigenvalue weighted by atomic mass is 10.2. The summed E-state index contributed by atoms with van der Waals surface area (Å²) in [5.74, 6) is -0.731. The van der Waals surface area contributed by atoms with Crippen LogP contribution in [0.25, 0.3) is 0 Å². The van der Waals surface area contributed by atoms with Crippen LogP contribution in [0.2, 0.25) is 5.02 Å². The highest BCUT2D eigenvalue weighted by Gasteiger charge is 2.08. The van der Waals surface area contributed by atoms with Gasteiger partial charge in [-0.2, -0.15) is 0 Å². The fraction of sp³-hybridized carbons (Fsp3) is 0.0833. The zero-order valence-electron chi connectivity index (χ0n) is 8.81. The van der Waals surface area contributed by atoms with Crippen molar-refractivity contribution >= 4 is 23.5 Å². The summed E-state index contributed by atoms with van der Waals surface area (Å²) < 4.78 is 5.05. The van der Waals surface area contributed by atoms with Crippen LogP contribution in [0.5, 0.6) is 0 Å². The van der Waals surface area contributed by atoms with E-state index in [0.29, 0.717) is 17.5 Å². The molecule has 0 fully saturated rings. The molecule has 0 amide bonds. The van der Waals surface area contributed by atoms with Gasteiger partial charge in [-0.25, -0.2) is 4.79 Å². The molecule has 2 aromatic rings. The summed E-state index contributed by atoms with van der Waals surface area (Å²) in [6.07, 6.45) is 0. The standard InChI is InChI=1S/C12H10ClNO3/c13-9-3-1-8(2-4-9)7-14-11-6-5-10(17-11)12(15)16/h1-6,14H,7H2,(H,15,16).